The fourth-order valence-corrected chi connectivity index (χ4v) is 3.30. The summed E-state index contributed by atoms with van der Waals surface area (Å²) < 4.78 is 5.49. The van der Waals surface area contributed by atoms with E-state index < -0.39 is 0 Å². The van der Waals surface area contributed by atoms with Crippen molar-refractivity contribution in [2.75, 3.05) is 43.1 Å². The maximum absolute atomic E-state index is 5.49. The minimum Gasteiger partial charge on any atom is -0.495 e. The van der Waals surface area contributed by atoms with Crippen LogP contribution in [-0.4, -0.2) is 43.5 Å². The van der Waals surface area contributed by atoms with Crippen LogP contribution in [0.4, 0.5) is 11.5 Å². The molecule has 0 spiro atoms. The summed E-state index contributed by atoms with van der Waals surface area (Å²) in [4.78, 5) is 4.69. The van der Waals surface area contributed by atoms with E-state index >= 15 is 0 Å². The minimum absolute atomic E-state index is 0.917. The molecule has 0 N–H and O–H groups in total. The first-order chi connectivity index (χ1) is 11.9. The lowest BCUT2D eigenvalue weighted by molar-refractivity contribution is 0.413. The highest BCUT2D eigenvalue weighted by molar-refractivity contribution is 5.91. The number of para-hydroxylation sites is 2. The highest BCUT2D eigenvalue weighted by Gasteiger charge is 2.21. The van der Waals surface area contributed by atoms with Gasteiger partial charge in [-0.25, -0.2) is 0 Å². The minimum atomic E-state index is 0.917. The van der Waals surface area contributed by atoms with Gasteiger partial charge in [0.1, 0.15) is 5.75 Å². The van der Waals surface area contributed by atoms with Crippen LogP contribution in [0.15, 0.2) is 54.7 Å². The van der Waals surface area contributed by atoms with Crippen LogP contribution < -0.4 is 14.5 Å². The van der Waals surface area contributed by atoms with E-state index in [1.54, 1.807) is 7.11 Å². The van der Waals surface area contributed by atoms with E-state index in [-0.39, 0.29) is 0 Å². The lowest BCUT2D eigenvalue weighted by atomic mass is 10.1. The third-order valence-electron chi connectivity index (χ3n) is 4.56. The summed E-state index contributed by atoms with van der Waals surface area (Å²) in [5.74, 6) is 1.91. The Hall–Kier alpha value is -2.82. The van der Waals surface area contributed by atoms with E-state index in [4.69, 9.17) is 4.74 Å². The van der Waals surface area contributed by atoms with E-state index in [2.05, 4.69) is 50.3 Å². The van der Waals surface area contributed by atoms with Crippen LogP contribution in [0.25, 0.3) is 10.8 Å². The number of fused-ring (bicyclic) bond motifs is 1. The number of hydrogen-bond donors (Lipinski definition) is 0. The number of methoxy groups -OCH3 is 1. The zero-order chi connectivity index (χ0) is 16.4. The van der Waals surface area contributed by atoms with E-state index in [0.717, 1.165) is 48.8 Å². The van der Waals surface area contributed by atoms with E-state index in [1.807, 2.05) is 24.4 Å². The van der Waals surface area contributed by atoms with Crippen LogP contribution in [0.5, 0.6) is 5.75 Å². The van der Waals surface area contributed by atoms with Gasteiger partial charge in [-0.15, -0.1) is 5.10 Å². The molecule has 0 saturated carbocycles. The second-order valence-electron chi connectivity index (χ2n) is 5.90. The van der Waals surface area contributed by atoms with Gasteiger partial charge >= 0.3 is 0 Å². The fourth-order valence-electron chi connectivity index (χ4n) is 3.30. The van der Waals surface area contributed by atoms with Gasteiger partial charge in [0.15, 0.2) is 5.82 Å². The molecule has 2 aromatic carbocycles. The van der Waals surface area contributed by atoms with Crippen molar-refractivity contribution in [2.45, 2.75) is 0 Å². The summed E-state index contributed by atoms with van der Waals surface area (Å²) in [6.07, 6.45) is 1.82. The van der Waals surface area contributed by atoms with Gasteiger partial charge in [-0.1, -0.05) is 36.4 Å². The Bertz CT molecular complexity index is 838. The van der Waals surface area contributed by atoms with E-state index in [9.17, 15) is 0 Å². The van der Waals surface area contributed by atoms with Gasteiger partial charge < -0.3 is 14.5 Å². The number of piperazine rings is 1. The lowest BCUT2D eigenvalue weighted by Crippen LogP contribution is -2.47. The fraction of sp³-hybridized carbons (Fsp3) is 0.263. The Labute approximate surface area is 141 Å². The Morgan fingerprint density at radius 2 is 1.58 bits per heavy atom. The summed E-state index contributed by atoms with van der Waals surface area (Å²) in [6, 6.07) is 16.5. The number of ether oxygens (including phenoxy) is 1. The Morgan fingerprint density at radius 1 is 0.875 bits per heavy atom. The van der Waals surface area contributed by atoms with Crippen molar-refractivity contribution < 1.29 is 4.74 Å². The summed E-state index contributed by atoms with van der Waals surface area (Å²) in [5.41, 5.74) is 1.16. The molecule has 1 aliphatic heterocycles. The molecule has 1 saturated heterocycles. The molecule has 5 heteroatoms. The number of benzene rings is 2. The lowest BCUT2D eigenvalue weighted by Gasteiger charge is -2.37. The third kappa shape index (κ3) is 2.62. The van der Waals surface area contributed by atoms with Crippen LogP contribution in [0, 0.1) is 0 Å². The number of anilines is 2. The quantitative estimate of drug-likeness (QED) is 0.742. The second kappa shape index (κ2) is 6.35. The van der Waals surface area contributed by atoms with Crippen LogP contribution in [-0.2, 0) is 0 Å². The molecule has 1 fully saturated rings. The molecule has 0 bridgehead atoms. The predicted molar refractivity (Wildman–Crippen MR) is 97.0 cm³/mol. The van der Waals surface area contributed by atoms with Crippen molar-refractivity contribution >= 4 is 22.3 Å². The average Bonchev–Trinajstić information content (AvgIpc) is 2.67. The van der Waals surface area contributed by atoms with Gasteiger partial charge in [0.25, 0.3) is 0 Å². The zero-order valence-corrected chi connectivity index (χ0v) is 13.7. The van der Waals surface area contributed by atoms with Crippen molar-refractivity contribution in [1.29, 1.82) is 0 Å². The normalized spacial score (nSPS) is 14.9. The SMILES string of the molecule is COc1ccccc1N1CCN(c2nncc3ccccc23)CC1. The highest BCUT2D eigenvalue weighted by atomic mass is 16.5. The Balaban J connectivity index is 1.56. The molecular formula is C19H20N4O. The average molecular weight is 320 g/mol. The molecule has 0 radical (unpaired) electrons. The van der Waals surface area contributed by atoms with Crippen LogP contribution >= 0.6 is 0 Å². The Kier molecular flexibility index (Phi) is 3.91. The van der Waals surface area contributed by atoms with Crippen molar-refractivity contribution in [1.82, 2.24) is 10.2 Å². The maximum atomic E-state index is 5.49. The van der Waals surface area contributed by atoms with Crippen LogP contribution in [0.2, 0.25) is 0 Å². The molecule has 24 heavy (non-hydrogen) atoms. The number of hydrogen-bond acceptors (Lipinski definition) is 5. The first-order valence-electron chi connectivity index (χ1n) is 8.20. The van der Waals surface area contributed by atoms with E-state index in [0.29, 0.717) is 0 Å². The molecule has 0 unspecified atom stereocenters. The smallest absolute Gasteiger partial charge is 0.159 e. The van der Waals surface area contributed by atoms with Gasteiger partial charge in [0.2, 0.25) is 0 Å². The largest absolute Gasteiger partial charge is 0.495 e. The molecule has 2 heterocycles. The molecule has 122 valence electrons. The van der Waals surface area contributed by atoms with Crippen molar-refractivity contribution in [3.05, 3.63) is 54.7 Å². The maximum Gasteiger partial charge on any atom is 0.159 e. The topological polar surface area (TPSA) is 41.5 Å². The van der Waals surface area contributed by atoms with Gasteiger partial charge in [-0.3, -0.25) is 0 Å². The first kappa shape index (κ1) is 14.8. The van der Waals surface area contributed by atoms with Gasteiger partial charge in [-0.2, -0.15) is 5.10 Å². The summed E-state index contributed by atoms with van der Waals surface area (Å²) in [5, 5.41) is 10.9. The van der Waals surface area contributed by atoms with Gasteiger partial charge in [0.05, 0.1) is 19.0 Å². The molecule has 0 atom stereocenters. The molecule has 0 amide bonds. The van der Waals surface area contributed by atoms with Crippen LogP contribution in [0.3, 0.4) is 0 Å². The number of aromatic nitrogens is 2. The second-order valence-corrected chi connectivity index (χ2v) is 5.90. The molecule has 4 rings (SSSR count). The zero-order valence-electron chi connectivity index (χ0n) is 13.7. The molecule has 5 nitrogen and oxygen atoms in total. The molecule has 3 aromatic rings. The summed E-state index contributed by atoms with van der Waals surface area (Å²) >= 11 is 0. The van der Waals surface area contributed by atoms with Crippen molar-refractivity contribution in [3.8, 4) is 5.75 Å². The molecule has 0 aliphatic carbocycles. The summed E-state index contributed by atoms with van der Waals surface area (Å²) in [7, 11) is 1.72. The number of rotatable bonds is 3. The van der Waals surface area contributed by atoms with Crippen molar-refractivity contribution in [3.63, 3.8) is 0 Å². The predicted octanol–water partition coefficient (Wildman–Crippen LogP) is 2.97. The monoisotopic (exact) mass is 320 g/mol. The van der Waals surface area contributed by atoms with E-state index in [1.165, 1.54) is 5.39 Å². The van der Waals surface area contributed by atoms with Gasteiger partial charge in [0, 0.05) is 37.0 Å². The Morgan fingerprint density at radius 3 is 2.42 bits per heavy atom. The first-order valence-corrected chi connectivity index (χ1v) is 8.20. The number of nitrogens with zero attached hydrogens (tertiary/aromatic N) is 4. The molecule has 1 aromatic heterocycles. The highest BCUT2D eigenvalue weighted by Crippen LogP contribution is 2.30. The third-order valence-corrected chi connectivity index (χ3v) is 4.56. The summed E-state index contributed by atoms with van der Waals surface area (Å²) in [6.45, 7) is 3.71. The molecule has 1 aliphatic rings. The van der Waals surface area contributed by atoms with Crippen LogP contribution in [0.1, 0.15) is 0 Å². The van der Waals surface area contributed by atoms with Gasteiger partial charge in [-0.05, 0) is 12.1 Å². The van der Waals surface area contributed by atoms with Crippen molar-refractivity contribution in [2.24, 2.45) is 0 Å². The molecular weight excluding hydrogens is 300 g/mol. The standard InChI is InChI=1S/C19H20N4O/c1-24-18-9-5-4-8-17(18)22-10-12-23(13-11-22)19-16-7-3-2-6-15(16)14-20-21-19/h2-9,14H,10-13H2,1H3.